The van der Waals surface area contributed by atoms with Crippen LogP contribution in [0.1, 0.15) is 19.3 Å². The molecule has 86 valence electrons. The summed E-state index contributed by atoms with van der Waals surface area (Å²) in [7, 11) is 1.67. The minimum Gasteiger partial charge on any atom is -0.395 e. The van der Waals surface area contributed by atoms with Gasteiger partial charge in [-0.15, -0.1) is 0 Å². The molecular formula is C11H20N2O2. The SMILES string of the molecule is COCCN(CCO)C1CCCC1C#N. The van der Waals surface area contributed by atoms with Crippen molar-refractivity contribution in [2.24, 2.45) is 5.92 Å². The molecule has 0 aromatic carbocycles. The van der Waals surface area contributed by atoms with Crippen LogP contribution < -0.4 is 0 Å². The maximum Gasteiger partial charge on any atom is 0.0672 e. The van der Waals surface area contributed by atoms with Gasteiger partial charge in [0.2, 0.25) is 0 Å². The highest BCUT2D eigenvalue weighted by Crippen LogP contribution is 2.29. The summed E-state index contributed by atoms with van der Waals surface area (Å²) in [5.41, 5.74) is 0. The van der Waals surface area contributed by atoms with Gasteiger partial charge < -0.3 is 9.84 Å². The fourth-order valence-electron chi connectivity index (χ4n) is 2.31. The lowest BCUT2D eigenvalue weighted by Crippen LogP contribution is -2.41. The Morgan fingerprint density at radius 3 is 2.87 bits per heavy atom. The van der Waals surface area contributed by atoms with Crippen LogP contribution in [0, 0.1) is 17.2 Å². The van der Waals surface area contributed by atoms with Gasteiger partial charge in [0.05, 0.1) is 25.2 Å². The minimum atomic E-state index is 0.133. The van der Waals surface area contributed by atoms with E-state index < -0.39 is 0 Å². The molecule has 2 atom stereocenters. The van der Waals surface area contributed by atoms with E-state index in [1.165, 1.54) is 0 Å². The van der Waals surface area contributed by atoms with Crippen LogP contribution in [0.2, 0.25) is 0 Å². The molecule has 1 saturated carbocycles. The number of methoxy groups -OCH3 is 1. The van der Waals surface area contributed by atoms with Crippen molar-refractivity contribution in [3.8, 4) is 6.07 Å². The Hall–Kier alpha value is -0.630. The Bertz CT molecular complexity index is 215. The molecule has 1 fully saturated rings. The second kappa shape index (κ2) is 6.78. The van der Waals surface area contributed by atoms with E-state index in [2.05, 4.69) is 11.0 Å². The van der Waals surface area contributed by atoms with Crippen LogP contribution >= 0.6 is 0 Å². The van der Waals surface area contributed by atoms with E-state index in [1.54, 1.807) is 7.11 Å². The third kappa shape index (κ3) is 3.45. The second-order valence-electron chi connectivity index (χ2n) is 3.99. The molecule has 0 amide bonds. The van der Waals surface area contributed by atoms with Crippen LogP contribution in [-0.4, -0.2) is 49.5 Å². The number of hydrogen-bond acceptors (Lipinski definition) is 4. The monoisotopic (exact) mass is 212 g/mol. The van der Waals surface area contributed by atoms with E-state index in [9.17, 15) is 0 Å². The van der Waals surface area contributed by atoms with E-state index in [4.69, 9.17) is 15.1 Å². The van der Waals surface area contributed by atoms with Crippen molar-refractivity contribution in [2.75, 3.05) is 33.4 Å². The molecule has 1 rings (SSSR count). The highest BCUT2D eigenvalue weighted by molar-refractivity contribution is 4.97. The zero-order valence-electron chi connectivity index (χ0n) is 9.35. The quantitative estimate of drug-likeness (QED) is 0.701. The first-order valence-electron chi connectivity index (χ1n) is 5.57. The molecule has 0 aromatic rings. The number of hydrogen-bond donors (Lipinski definition) is 1. The van der Waals surface area contributed by atoms with E-state index in [1.807, 2.05) is 0 Å². The van der Waals surface area contributed by atoms with Crippen molar-refractivity contribution in [3.63, 3.8) is 0 Å². The molecule has 4 heteroatoms. The summed E-state index contributed by atoms with van der Waals surface area (Å²) in [6.45, 7) is 2.26. The molecule has 0 heterocycles. The van der Waals surface area contributed by atoms with E-state index in [0.29, 0.717) is 19.2 Å². The van der Waals surface area contributed by atoms with Crippen LogP contribution in [-0.2, 0) is 4.74 Å². The maximum atomic E-state index is 9.01. The number of aliphatic hydroxyl groups is 1. The van der Waals surface area contributed by atoms with Crippen molar-refractivity contribution in [3.05, 3.63) is 0 Å². The van der Waals surface area contributed by atoms with E-state index in [0.717, 1.165) is 25.8 Å². The Kier molecular flexibility index (Phi) is 5.62. The molecule has 0 saturated heterocycles. The normalized spacial score (nSPS) is 25.7. The van der Waals surface area contributed by atoms with Crippen LogP contribution in [0.15, 0.2) is 0 Å². The number of rotatable bonds is 6. The van der Waals surface area contributed by atoms with Gasteiger partial charge in [0.25, 0.3) is 0 Å². The number of aliphatic hydroxyl groups excluding tert-OH is 1. The number of nitriles is 1. The molecular weight excluding hydrogens is 192 g/mol. The first-order valence-corrected chi connectivity index (χ1v) is 5.57. The van der Waals surface area contributed by atoms with E-state index in [-0.39, 0.29) is 12.5 Å². The van der Waals surface area contributed by atoms with E-state index >= 15 is 0 Å². The van der Waals surface area contributed by atoms with Crippen LogP contribution in [0.5, 0.6) is 0 Å². The molecule has 0 radical (unpaired) electrons. The third-order valence-corrected chi connectivity index (χ3v) is 3.08. The number of ether oxygens (including phenoxy) is 1. The lowest BCUT2D eigenvalue weighted by Gasteiger charge is -2.29. The highest BCUT2D eigenvalue weighted by Gasteiger charge is 2.31. The second-order valence-corrected chi connectivity index (χ2v) is 3.99. The van der Waals surface area contributed by atoms with Crippen molar-refractivity contribution in [2.45, 2.75) is 25.3 Å². The predicted octanol–water partition coefficient (Wildman–Crippen LogP) is 0.619. The topological polar surface area (TPSA) is 56.5 Å². The van der Waals surface area contributed by atoms with Gasteiger partial charge in [-0.25, -0.2) is 0 Å². The fourth-order valence-corrected chi connectivity index (χ4v) is 2.31. The van der Waals surface area contributed by atoms with Crippen molar-refractivity contribution >= 4 is 0 Å². The average molecular weight is 212 g/mol. The van der Waals surface area contributed by atoms with Crippen molar-refractivity contribution < 1.29 is 9.84 Å². The molecule has 0 bridgehead atoms. The Balaban J connectivity index is 2.50. The molecule has 0 aromatic heterocycles. The van der Waals surface area contributed by atoms with Gasteiger partial charge in [0, 0.05) is 26.2 Å². The van der Waals surface area contributed by atoms with Gasteiger partial charge in [-0.1, -0.05) is 6.42 Å². The molecule has 0 aliphatic heterocycles. The van der Waals surface area contributed by atoms with Crippen molar-refractivity contribution in [1.82, 2.24) is 4.90 Å². The van der Waals surface area contributed by atoms with Gasteiger partial charge in [0.1, 0.15) is 0 Å². The number of nitrogens with zero attached hydrogens (tertiary/aromatic N) is 2. The minimum absolute atomic E-state index is 0.133. The Morgan fingerprint density at radius 2 is 2.27 bits per heavy atom. The maximum absolute atomic E-state index is 9.01. The third-order valence-electron chi connectivity index (χ3n) is 3.08. The molecule has 1 N–H and O–H groups in total. The van der Waals surface area contributed by atoms with Crippen LogP contribution in [0.3, 0.4) is 0 Å². The summed E-state index contributed by atoms with van der Waals surface area (Å²) in [5, 5.41) is 18.0. The summed E-state index contributed by atoms with van der Waals surface area (Å²) in [6.07, 6.45) is 3.19. The van der Waals surface area contributed by atoms with Crippen LogP contribution in [0.25, 0.3) is 0 Å². The zero-order valence-corrected chi connectivity index (χ0v) is 9.35. The summed E-state index contributed by atoms with van der Waals surface area (Å²) in [6, 6.07) is 2.68. The molecule has 2 unspecified atom stereocenters. The summed E-state index contributed by atoms with van der Waals surface area (Å²) in [5.74, 6) is 0.133. The Morgan fingerprint density at radius 1 is 1.47 bits per heavy atom. The molecule has 0 spiro atoms. The summed E-state index contributed by atoms with van der Waals surface area (Å²) < 4.78 is 5.04. The predicted molar refractivity (Wildman–Crippen MR) is 57.3 cm³/mol. The molecule has 15 heavy (non-hydrogen) atoms. The zero-order chi connectivity index (χ0) is 11.1. The smallest absolute Gasteiger partial charge is 0.0672 e. The molecule has 1 aliphatic carbocycles. The summed E-state index contributed by atoms with van der Waals surface area (Å²) >= 11 is 0. The average Bonchev–Trinajstić information content (AvgIpc) is 2.72. The Labute approximate surface area is 91.4 Å². The standard InChI is InChI=1S/C11H20N2O2/c1-15-8-6-13(5-7-14)11-4-2-3-10(11)9-12/h10-11,14H,2-8H2,1H3. The van der Waals surface area contributed by atoms with Gasteiger partial charge in [-0.3, -0.25) is 4.90 Å². The van der Waals surface area contributed by atoms with Gasteiger partial charge in [0.15, 0.2) is 0 Å². The lowest BCUT2D eigenvalue weighted by atomic mass is 10.0. The van der Waals surface area contributed by atoms with Gasteiger partial charge >= 0.3 is 0 Å². The van der Waals surface area contributed by atoms with Gasteiger partial charge in [-0.2, -0.15) is 5.26 Å². The first-order chi connectivity index (χ1) is 7.33. The fraction of sp³-hybridized carbons (Fsp3) is 0.909. The van der Waals surface area contributed by atoms with Crippen molar-refractivity contribution in [1.29, 1.82) is 5.26 Å². The van der Waals surface area contributed by atoms with Crippen LogP contribution in [0.4, 0.5) is 0 Å². The lowest BCUT2D eigenvalue weighted by molar-refractivity contribution is 0.0940. The highest BCUT2D eigenvalue weighted by atomic mass is 16.5. The largest absolute Gasteiger partial charge is 0.395 e. The summed E-state index contributed by atoms with van der Waals surface area (Å²) in [4.78, 5) is 2.18. The first kappa shape index (κ1) is 12.4. The molecule has 4 nitrogen and oxygen atoms in total. The molecule has 1 aliphatic rings. The van der Waals surface area contributed by atoms with Gasteiger partial charge in [-0.05, 0) is 12.8 Å².